The van der Waals surface area contributed by atoms with Gasteiger partial charge in [0.05, 0.1) is 23.9 Å². The molecule has 1 amide bonds. The van der Waals surface area contributed by atoms with Gasteiger partial charge in [-0.1, -0.05) is 12.1 Å². The van der Waals surface area contributed by atoms with Crippen LogP contribution in [-0.4, -0.2) is 53.0 Å². The Hall–Kier alpha value is -2.34. The molecule has 1 atom stereocenters. The zero-order chi connectivity index (χ0) is 18.7. The van der Waals surface area contributed by atoms with E-state index in [0.29, 0.717) is 19.0 Å². The number of aryl methyl sites for hydroxylation is 1. The Bertz CT molecular complexity index is 771. The number of rotatable bonds is 6. The first-order valence-corrected chi connectivity index (χ1v) is 9.26. The van der Waals surface area contributed by atoms with Crippen LogP contribution in [0, 0.1) is 6.92 Å². The van der Waals surface area contributed by atoms with Gasteiger partial charge in [0.1, 0.15) is 11.5 Å². The van der Waals surface area contributed by atoms with Crippen molar-refractivity contribution in [2.45, 2.75) is 40.3 Å². The third-order valence-corrected chi connectivity index (χ3v) is 4.92. The van der Waals surface area contributed by atoms with E-state index in [1.807, 2.05) is 56.9 Å². The van der Waals surface area contributed by atoms with Crippen molar-refractivity contribution >= 4 is 5.91 Å². The molecule has 3 rings (SSSR count). The summed E-state index contributed by atoms with van der Waals surface area (Å²) in [6.07, 6.45) is 0. The van der Waals surface area contributed by atoms with Crippen LogP contribution in [-0.2, 0) is 11.3 Å². The average Bonchev–Trinajstić information content (AvgIpc) is 3.00. The lowest BCUT2D eigenvalue weighted by molar-refractivity contribution is -0.141. The van der Waals surface area contributed by atoms with Gasteiger partial charge in [-0.05, 0) is 39.8 Å². The molecule has 0 N–H and O–H groups in total. The fourth-order valence-corrected chi connectivity index (χ4v) is 3.31. The summed E-state index contributed by atoms with van der Waals surface area (Å²) in [7, 11) is 0. The van der Waals surface area contributed by atoms with Crippen molar-refractivity contribution in [3.05, 3.63) is 35.7 Å². The maximum absolute atomic E-state index is 12.4. The number of piperazine rings is 1. The normalized spacial score (nSPS) is 18.4. The van der Waals surface area contributed by atoms with Gasteiger partial charge >= 0.3 is 0 Å². The van der Waals surface area contributed by atoms with Crippen LogP contribution in [0.2, 0.25) is 0 Å². The van der Waals surface area contributed by atoms with Crippen LogP contribution in [0.3, 0.4) is 0 Å². The largest absolute Gasteiger partial charge is 0.493 e. The summed E-state index contributed by atoms with van der Waals surface area (Å²) < 4.78 is 11.6. The number of hydrogen-bond donors (Lipinski definition) is 0. The second-order valence-corrected chi connectivity index (χ2v) is 6.52. The van der Waals surface area contributed by atoms with Crippen LogP contribution >= 0.6 is 0 Å². The van der Waals surface area contributed by atoms with E-state index in [-0.39, 0.29) is 11.9 Å². The smallest absolute Gasteiger partial charge is 0.239 e. The summed E-state index contributed by atoms with van der Waals surface area (Å²) >= 11 is 0. The fraction of sp³-hybridized carbons (Fsp3) is 0.500. The number of amides is 1. The van der Waals surface area contributed by atoms with Gasteiger partial charge < -0.3 is 14.1 Å². The van der Waals surface area contributed by atoms with E-state index in [2.05, 4.69) is 4.90 Å². The van der Waals surface area contributed by atoms with Crippen LogP contribution in [0.4, 0.5) is 0 Å². The van der Waals surface area contributed by atoms with E-state index in [4.69, 9.17) is 14.1 Å². The minimum absolute atomic E-state index is 0.140. The molecule has 1 fully saturated rings. The Labute approximate surface area is 154 Å². The second-order valence-electron chi connectivity index (χ2n) is 6.52. The molecule has 0 saturated carbocycles. The zero-order valence-corrected chi connectivity index (χ0v) is 16.0. The lowest BCUT2D eigenvalue weighted by atomic mass is 10.1. The Balaban J connectivity index is 1.80. The summed E-state index contributed by atoms with van der Waals surface area (Å²) in [5, 5.41) is 0. The minimum atomic E-state index is -0.140. The Morgan fingerprint density at radius 1 is 1.27 bits per heavy atom. The molecule has 6 heteroatoms. The maximum atomic E-state index is 12.4. The fourth-order valence-electron chi connectivity index (χ4n) is 3.31. The SMILES string of the molecule is CCOc1ccccc1-c1nc(CN2CCN(CC)C(=O)[C@@H]2C)c(C)o1. The lowest BCUT2D eigenvalue weighted by Crippen LogP contribution is -2.55. The molecule has 0 radical (unpaired) electrons. The predicted octanol–water partition coefficient (Wildman–Crippen LogP) is 3.10. The maximum Gasteiger partial charge on any atom is 0.239 e. The van der Waals surface area contributed by atoms with Gasteiger partial charge in [0, 0.05) is 26.2 Å². The number of carbonyl (C=O) groups is 1. The van der Waals surface area contributed by atoms with Crippen molar-refractivity contribution < 1.29 is 13.9 Å². The third-order valence-electron chi connectivity index (χ3n) is 4.92. The Morgan fingerprint density at radius 2 is 2.04 bits per heavy atom. The van der Waals surface area contributed by atoms with Crippen molar-refractivity contribution in [3.63, 3.8) is 0 Å². The number of hydrogen-bond acceptors (Lipinski definition) is 5. The second kappa shape index (κ2) is 7.91. The van der Waals surface area contributed by atoms with Crippen LogP contribution in [0.25, 0.3) is 11.5 Å². The number of nitrogens with zero attached hydrogens (tertiary/aromatic N) is 3. The lowest BCUT2D eigenvalue weighted by Gasteiger charge is -2.38. The first-order valence-electron chi connectivity index (χ1n) is 9.26. The van der Waals surface area contributed by atoms with Crippen molar-refractivity contribution in [1.82, 2.24) is 14.8 Å². The van der Waals surface area contributed by atoms with E-state index >= 15 is 0 Å². The van der Waals surface area contributed by atoms with Gasteiger partial charge in [-0.25, -0.2) is 4.98 Å². The van der Waals surface area contributed by atoms with E-state index in [1.165, 1.54) is 0 Å². The highest BCUT2D eigenvalue weighted by atomic mass is 16.5. The third kappa shape index (κ3) is 3.60. The topological polar surface area (TPSA) is 58.8 Å². The summed E-state index contributed by atoms with van der Waals surface area (Å²) in [6.45, 7) is 11.4. The van der Waals surface area contributed by atoms with Crippen LogP contribution in [0.15, 0.2) is 28.7 Å². The summed E-state index contributed by atoms with van der Waals surface area (Å²) in [5.41, 5.74) is 1.72. The molecule has 0 bridgehead atoms. The number of benzene rings is 1. The molecule has 1 saturated heterocycles. The minimum Gasteiger partial charge on any atom is -0.493 e. The summed E-state index contributed by atoms with van der Waals surface area (Å²) in [6, 6.07) is 7.61. The standard InChI is InChI=1S/C20H27N3O3/c1-5-22-11-12-23(14(3)20(22)24)13-17-15(4)26-19(21-17)16-9-7-8-10-18(16)25-6-2/h7-10,14H,5-6,11-13H2,1-4H3/t14-/m0/s1. The highest BCUT2D eigenvalue weighted by Gasteiger charge is 2.31. The first-order chi connectivity index (χ1) is 12.5. The average molecular weight is 357 g/mol. The van der Waals surface area contributed by atoms with E-state index in [0.717, 1.165) is 42.4 Å². The van der Waals surface area contributed by atoms with Crippen molar-refractivity contribution in [2.24, 2.45) is 0 Å². The van der Waals surface area contributed by atoms with E-state index < -0.39 is 0 Å². The molecule has 1 aromatic carbocycles. The monoisotopic (exact) mass is 357 g/mol. The van der Waals surface area contributed by atoms with Crippen molar-refractivity contribution in [1.29, 1.82) is 0 Å². The van der Waals surface area contributed by atoms with Gasteiger partial charge in [-0.15, -0.1) is 0 Å². The van der Waals surface area contributed by atoms with Gasteiger partial charge in [0.25, 0.3) is 0 Å². The molecule has 6 nitrogen and oxygen atoms in total. The molecule has 0 unspecified atom stereocenters. The number of carbonyl (C=O) groups excluding carboxylic acids is 1. The molecule has 140 valence electrons. The van der Waals surface area contributed by atoms with E-state index in [1.54, 1.807) is 0 Å². The van der Waals surface area contributed by atoms with Crippen LogP contribution in [0.5, 0.6) is 5.75 Å². The number of likely N-dealkylation sites (N-methyl/N-ethyl adjacent to an activating group) is 1. The molecule has 1 aliphatic rings. The molecule has 1 aliphatic heterocycles. The van der Waals surface area contributed by atoms with Crippen LogP contribution < -0.4 is 4.74 Å². The summed E-state index contributed by atoms with van der Waals surface area (Å²) in [4.78, 5) is 21.2. The zero-order valence-electron chi connectivity index (χ0n) is 16.0. The highest BCUT2D eigenvalue weighted by molar-refractivity contribution is 5.82. The molecule has 0 aliphatic carbocycles. The van der Waals surface area contributed by atoms with Gasteiger partial charge in [-0.2, -0.15) is 0 Å². The molecule has 0 spiro atoms. The number of ether oxygens (including phenoxy) is 1. The highest BCUT2D eigenvalue weighted by Crippen LogP contribution is 2.31. The number of oxazole rings is 1. The van der Waals surface area contributed by atoms with Gasteiger partial charge in [0.2, 0.25) is 11.8 Å². The molecule has 26 heavy (non-hydrogen) atoms. The molecular formula is C20H27N3O3. The number of aromatic nitrogens is 1. The van der Waals surface area contributed by atoms with Crippen molar-refractivity contribution in [3.8, 4) is 17.2 Å². The quantitative estimate of drug-likeness (QED) is 0.795. The number of para-hydroxylation sites is 1. The van der Waals surface area contributed by atoms with Crippen molar-refractivity contribution in [2.75, 3.05) is 26.2 Å². The summed E-state index contributed by atoms with van der Waals surface area (Å²) in [5.74, 6) is 2.29. The molecule has 2 heterocycles. The van der Waals surface area contributed by atoms with E-state index in [9.17, 15) is 4.79 Å². The Kier molecular flexibility index (Phi) is 5.61. The molecule has 2 aromatic rings. The van der Waals surface area contributed by atoms with Gasteiger partial charge in [0.15, 0.2) is 0 Å². The molecule has 1 aromatic heterocycles. The first kappa shape index (κ1) is 18.5. The Morgan fingerprint density at radius 3 is 2.77 bits per heavy atom. The molecular weight excluding hydrogens is 330 g/mol. The van der Waals surface area contributed by atoms with Crippen LogP contribution in [0.1, 0.15) is 32.2 Å². The van der Waals surface area contributed by atoms with Gasteiger partial charge in [-0.3, -0.25) is 9.69 Å². The predicted molar refractivity (Wildman–Crippen MR) is 100.0 cm³/mol.